The van der Waals surface area contributed by atoms with Crippen molar-refractivity contribution in [2.75, 3.05) is 23.4 Å². The minimum Gasteiger partial charge on any atom is -0.494 e. The van der Waals surface area contributed by atoms with E-state index >= 15 is 0 Å². The van der Waals surface area contributed by atoms with Gasteiger partial charge in [-0.05, 0) is 42.8 Å². The van der Waals surface area contributed by atoms with Gasteiger partial charge in [0.15, 0.2) is 0 Å². The molecule has 5 nitrogen and oxygen atoms in total. The fourth-order valence-corrected chi connectivity index (χ4v) is 3.26. The lowest BCUT2D eigenvalue weighted by molar-refractivity contribution is -0.122. The van der Waals surface area contributed by atoms with Gasteiger partial charge in [-0.15, -0.1) is 0 Å². The summed E-state index contributed by atoms with van der Waals surface area (Å²) >= 11 is 12.1. The molecular weight excluding hydrogens is 387 g/mol. The average molecular weight is 407 g/mol. The smallest absolute Gasteiger partial charge is 0.229 e. The molecule has 0 aliphatic carbocycles. The molecule has 2 amide bonds. The van der Waals surface area contributed by atoms with Crippen LogP contribution in [0.15, 0.2) is 42.5 Å². The summed E-state index contributed by atoms with van der Waals surface area (Å²) in [5.74, 6) is -0.0341. The van der Waals surface area contributed by atoms with E-state index in [1.54, 1.807) is 23.1 Å². The number of anilines is 2. The normalized spacial score (nSPS) is 16.5. The summed E-state index contributed by atoms with van der Waals surface area (Å²) < 4.78 is 5.56. The Balaban J connectivity index is 1.66. The highest BCUT2D eigenvalue weighted by Crippen LogP contribution is 2.31. The van der Waals surface area contributed by atoms with E-state index in [-0.39, 0.29) is 23.3 Å². The van der Waals surface area contributed by atoms with E-state index in [4.69, 9.17) is 27.9 Å². The molecule has 1 saturated heterocycles. The maximum atomic E-state index is 12.6. The lowest BCUT2D eigenvalue weighted by Crippen LogP contribution is -2.28. The Hall–Kier alpha value is -2.24. The van der Waals surface area contributed by atoms with Crippen molar-refractivity contribution in [1.82, 2.24) is 0 Å². The number of amides is 2. The monoisotopic (exact) mass is 406 g/mol. The number of nitrogens with zero attached hydrogens (tertiary/aromatic N) is 1. The minimum atomic E-state index is -0.455. The van der Waals surface area contributed by atoms with Crippen molar-refractivity contribution in [3.63, 3.8) is 0 Å². The average Bonchev–Trinajstić information content (AvgIpc) is 3.06. The zero-order chi connectivity index (χ0) is 19.4. The van der Waals surface area contributed by atoms with Crippen molar-refractivity contribution in [2.24, 2.45) is 5.92 Å². The van der Waals surface area contributed by atoms with Gasteiger partial charge in [0.2, 0.25) is 11.8 Å². The van der Waals surface area contributed by atoms with E-state index in [2.05, 4.69) is 5.32 Å². The van der Waals surface area contributed by atoms with Gasteiger partial charge in [0.1, 0.15) is 5.75 Å². The molecule has 0 saturated carbocycles. The maximum absolute atomic E-state index is 12.6. The zero-order valence-corrected chi connectivity index (χ0v) is 16.4. The third-order valence-corrected chi connectivity index (χ3v) is 5.15. The van der Waals surface area contributed by atoms with Gasteiger partial charge in [-0.1, -0.05) is 36.2 Å². The van der Waals surface area contributed by atoms with Gasteiger partial charge in [0.25, 0.3) is 0 Å². The molecule has 27 heavy (non-hydrogen) atoms. The van der Waals surface area contributed by atoms with Crippen molar-refractivity contribution in [2.45, 2.75) is 19.8 Å². The summed E-state index contributed by atoms with van der Waals surface area (Å²) in [7, 11) is 0. The second kappa shape index (κ2) is 8.63. The van der Waals surface area contributed by atoms with Crippen molar-refractivity contribution in [1.29, 1.82) is 0 Å². The first-order valence-electron chi connectivity index (χ1n) is 8.77. The van der Waals surface area contributed by atoms with Gasteiger partial charge < -0.3 is 15.0 Å². The third kappa shape index (κ3) is 4.54. The summed E-state index contributed by atoms with van der Waals surface area (Å²) in [5, 5.41) is 3.42. The SMILES string of the molecule is CCCOc1ccc(N2C[C@@H](C(=O)Nc3cccc(Cl)c3Cl)CC2=O)cc1. The lowest BCUT2D eigenvalue weighted by atomic mass is 10.1. The number of hydrogen-bond acceptors (Lipinski definition) is 3. The Morgan fingerprint density at radius 1 is 1.22 bits per heavy atom. The molecule has 2 aromatic carbocycles. The number of nitrogens with one attached hydrogen (secondary N) is 1. The Bertz CT molecular complexity index is 840. The topological polar surface area (TPSA) is 58.6 Å². The second-order valence-electron chi connectivity index (χ2n) is 6.34. The Kier molecular flexibility index (Phi) is 6.24. The maximum Gasteiger partial charge on any atom is 0.229 e. The summed E-state index contributed by atoms with van der Waals surface area (Å²) in [6.07, 6.45) is 1.08. The van der Waals surface area contributed by atoms with Crippen molar-refractivity contribution in [3.8, 4) is 5.75 Å². The number of carbonyl (C=O) groups is 2. The molecule has 1 N–H and O–H groups in total. The summed E-state index contributed by atoms with van der Waals surface area (Å²) in [5.41, 5.74) is 1.19. The molecule has 1 heterocycles. The van der Waals surface area contributed by atoms with Gasteiger partial charge in [-0.25, -0.2) is 0 Å². The van der Waals surface area contributed by atoms with Crippen LogP contribution in [0.1, 0.15) is 19.8 Å². The fraction of sp³-hybridized carbons (Fsp3) is 0.300. The summed E-state index contributed by atoms with van der Waals surface area (Å²) in [6, 6.07) is 12.4. The quantitative estimate of drug-likeness (QED) is 0.750. The number of halogens is 2. The Morgan fingerprint density at radius 2 is 1.96 bits per heavy atom. The van der Waals surface area contributed by atoms with Crippen molar-refractivity contribution >= 4 is 46.4 Å². The molecule has 2 aromatic rings. The molecular formula is C20H20Cl2N2O3. The van der Waals surface area contributed by atoms with Gasteiger partial charge in [0, 0.05) is 18.7 Å². The first-order chi connectivity index (χ1) is 13.0. The molecule has 0 bridgehead atoms. The highest BCUT2D eigenvalue weighted by Gasteiger charge is 2.35. The number of benzene rings is 2. The van der Waals surface area contributed by atoms with Crippen LogP contribution in [0.5, 0.6) is 5.75 Å². The van der Waals surface area contributed by atoms with Crippen LogP contribution in [-0.2, 0) is 9.59 Å². The number of carbonyl (C=O) groups excluding carboxylic acids is 2. The van der Waals surface area contributed by atoms with Crippen molar-refractivity contribution in [3.05, 3.63) is 52.5 Å². The van der Waals surface area contributed by atoms with Crippen LogP contribution in [0, 0.1) is 5.92 Å². The number of hydrogen-bond donors (Lipinski definition) is 1. The van der Waals surface area contributed by atoms with Crippen LogP contribution in [0.4, 0.5) is 11.4 Å². The van der Waals surface area contributed by atoms with E-state index in [9.17, 15) is 9.59 Å². The van der Waals surface area contributed by atoms with Crippen molar-refractivity contribution < 1.29 is 14.3 Å². The molecule has 142 valence electrons. The molecule has 0 aromatic heterocycles. The molecule has 0 unspecified atom stereocenters. The standard InChI is InChI=1S/C20H20Cl2N2O3/c1-2-10-27-15-8-6-14(7-9-15)24-12-13(11-18(24)25)20(26)23-17-5-3-4-16(21)19(17)22/h3-9,13H,2,10-12H2,1H3,(H,23,26)/t13-/m0/s1. The highest BCUT2D eigenvalue weighted by atomic mass is 35.5. The van der Waals surface area contributed by atoms with E-state index in [0.29, 0.717) is 23.9 Å². The second-order valence-corrected chi connectivity index (χ2v) is 7.12. The Labute approximate surface area is 168 Å². The number of ether oxygens (including phenoxy) is 1. The predicted molar refractivity (Wildman–Crippen MR) is 108 cm³/mol. The van der Waals surface area contributed by atoms with Gasteiger partial charge in [0.05, 0.1) is 28.3 Å². The van der Waals surface area contributed by atoms with Gasteiger partial charge in [-0.3, -0.25) is 9.59 Å². The Morgan fingerprint density at radius 3 is 2.67 bits per heavy atom. The van der Waals surface area contributed by atoms with Crippen LogP contribution < -0.4 is 15.0 Å². The van der Waals surface area contributed by atoms with Crippen LogP contribution in [0.25, 0.3) is 0 Å². The first-order valence-corrected chi connectivity index (χ1v) is 9.53. The zero-order valence-electron chi connectivity index (χ0n) is 14.9. The molecule has 1 aliphatic rings. The van der Waals surface area contributed by atoms with Crippen LogP contribution >= 0.6 is 23.2 Å². The molecule has 0 spiro atoms. The molecule has 1 aliphatic heterocycles. The van der Waals surface area contributed by atoms with Crippen LogP contribution in [0.2, 0.25) is 10.0 Å². The lowest BCUT2D eigenvalue weighted by Gasteiger charge is -2.17. The van der Waals surface area contributed by atoms with E-state index in [1.807, 2.05) is 31.2 Å². The van der Waals surface area contributed by atoms with Crippen LogP contribution in [-0.4, -0.2) is 25.0 Å². The fourth-order valence-electron chi connectivity index (χ4n) is 2.91. The van der Waals surface area contributed by atoms with Crippen LogP contribution in [0.3, 0.4) is 0 Å². The summed E-state index contributed by atoms with van der Waals surface area (Å²) in [4.78, 5) is 26.6. The molecule has 0 radical (unpaired) electrons. The molecule has 7 heteroatoms. The minimum absolute atomic E-state index is 0.0884. The third-order valence-electron chi connectivity index (χ3n) is 4.33. The molecule has 1 atom stereocenters. The summed E-state index contributed by atoms with van der Waals surface area (Å²) in [6.45, 7) is 3.01. The largest absolute Gasteiger partial charge is 0.494 e. The van der Waals surface area contributed by atoms with Gasteiger partial charge in [-0.2, -0.15) is 0 Å². The molecule has 1 fully saturated rings. The van der Waals surface area contributed by atoms with E-state index in [0.717, 1.165) is 17.9 Å². The predicted octanol–water partition coefficient (Wildman–Crippen LogP) is 4.77. The van der Waals surface area contributed by atoms with E-state index in [1.165, 1.54) is 0 Å². The van der Waals surface area contributed by atoms with E-state index < -0.39 is 5.92 Å². The molecule has 3 rings (SSSR count). The first kappa shape index (κ1) is 19.5. The van der Waals surface area contributed by atoms with Gasteiger partial charge >= 0.3 is 0 Å². The highest BCUT2D eigenvalue weighted by molar-refractivity contribution is 6.44. The number of rotatable bonds is 6.